The van der Waals surface area contributed by atoms with E-state index >= 15 is 0 Å². The molecule has 0 bridgehead atoms. The monoisotopic (exact) mass is 1190 g/mol. The average molecular weight is 1190 g/mol. The molecule has 0 saturated carbocycles. The molecule has 0 N–H and O–H groups in total. The molecule has 3 heteroatoms. The molecule has 0 amide bonds. The second-order valence-electron chi connectivity index (χ2n) is 25.7. The molecule has 1 heterocycles. The lowest BCUT2D eigenvalue weighted by atomic mass is 9.75. The quantitative estimate of drug-likeness (QED) is 0.115. The molecule has 1 unspecified atom stereocenters. The summed E-state index contributed by atoms with van der Waals surface area (Å²) in [5.74, 6) is 0. The lowest BCUT2D eigenvalue weighted by molar-refractivity contribution is 0.583. The van der Waals surface area contributed by atoms with E-state index in [4.69, 9.17) is 4.42 Å². The third kappa shape index (κ3) is 9.41. The first-order chi connectivity index (χ1) is 45.7. The zero-order valence-corrected chi connectivity index (χ0v) is 52.3. The van der Waals surface area contributed by atoms with E-state index in [-0.39, 0.29) is 5.41 Å². The number of benzene rings is 14. The Kier molecular flexibility index (Phi) is 13.4. The molecule has 1 aromatic heterocycles. The van der Waals surface area contributed by atoms with Gasteiger partial charge in [0, 0.05) is 60.9 Å². The fourth-order valence-corrected chi connectivity index (χ4v) is 15.4. The van der Waals surface area contributed by atoms with E-state index in [2.05, 4.69) is 358 Å². The van der Waals surface area contributed by atoms with Crippen LogP contribution in [0.4, 0.5) is 34.1 Å². The Labute approximate surface area is 544 Å². The van der Waals surface area contributed by atoms with Crippen LogP contribution in [0.2, 0.25) is 0 Å². The van der Waals surface area contributed by atoms with Gasteiger partial charge >= 0.3 is 0 Å². The van der Waals surface area contributed by atoms with E-state index < -0.39 is 5.41 Å². The molecule has 0 aliphatic heterocycles. The Balaban J connectivity index is 0.801. The SMILES string of the molecule is CC1(C)c2ccccc2-c2c(N(c3ccc(-c4ccccc4)cc3)c3ccc(-c4ccccc4)cc3-c3cccc(CC4(C)c5ccccc5-c5c(N(c6ccc(-c7ccccc7)cc6)c6ccc(-c7cccc8c7oc7ccccc78)cc6)cccc54)c3)cccc21. The normalized spacial score (nSPS) is 14.1. The smallest absolute Gasteiger partial charge is 0.143 e. The molecule has 0 spiro atoms. The summed E-state index contributed by atoms with van der Waals surface area (Å²) in [6.07, 6.45) is 0.776. The first kappa shape index (κ1) is 55.5. The Morgan fingerprint density at radius 3 is 1.38 bits per heavy atom. The third-order valence-corrected chi connectivity index (χ3v) is 19.9. The fraction of sp³-hybridized carbons (Fsp3) is 0.0667. The van der Waals surface area contributed by atoms with Crippen molar-refractivity contribution in [3.63, 3.8) is 0 Å². The molecule has 0 saturated heterocycles. The van der Waals surface area contributed by atoms with Crippen molar-refractivity contribution in [2.75, 3.05) is 9.80 Å². The van der Waals surface area contributed by atoms with E-state index in [0.29, 0.717) is 0 Å². The molecule has 2 aliphatic carbocycles. The van der Waals surface area contributed by atoms with Gasteiger partial charge < -0.3 is 14.2 Å². The van der Waals surface area contributed by atoms with Crippen LogP contribution < -0.4 is 9.80 Å². The minimum absolute atomic E-state index is 0.182. The van der Waals surface area contributed by atoms with Gasteiger partial charge in [0.05, 0.1) is 17.1 Å². The summed E-state index contributed by atoms with van der Waals surface area (Å²) < 4.78 is 6.58. The Hall–Kier alpha value is -11.5. The van der Waals surface area contributed by atoms with E-state index in [1.807, 2.05) is 6.07 Å². The molecule has 1 atom stereocenters. The van der Waals surface area contributed by atoms with Crippen LogP contribution in [0.15, 0.2) is 338 Å². The molecule has 3 nitrogen and oxygen atoms in total. The Bertz CT molecular complexity index is 5320. The van der Waals surface area contributed by atoms with Crippen LogP contribution in [0.1, 0.15) is 48.6 Å². The first-order valence-corrected chi connectivity index (χ1v) is 32.4. The van der Waals surface area contributed by atoms with Crippen molar-refractivity contribution in [1.82, 2.24) is 0 Å². The van der Waals surface area contributed by atoms with Crippen LogP contribution in [0.3, 0.4) is 0 Å². The largest absolute Gasteiger partial charge is 0.455 e. The van der Waals surface area contributed by atoms with Gasteiger partial charge in [0.1, 0.15) is 11.2 Å². The summed E-state index contributed by atoms with van der Waals surface area (Å²) in [5, 5.41) is 2.25. The van der Waals surface area contributed by atoms with Crippen molar-refractivity contribution in [2.45, 2.75) is 38.0 Å². The predicted octanol–water partition coefficient (Wildman–Crippen LogP) is 24.7. The van der Waals surface area contributed by atoms with Crippen LogP contribution in [-0.4, -0.2) is 0 Å². The average Bonchev–Trinajstić information content (AvgIpc) is 1.59. The zero-order valence-electron chi connectivity index (χ0n) is 52.3. The number of fused-ring (bicyclic) bond motifs is 9. The van der Waals surface area contributed by atoms with Crippen molar-refractivity contribution in [3.05, 3.63) is 361 Å². The van der Waals surface area contributed by atoms with Gasteiger partial charge in [-0.05, 0) is 157 Å². The number of furan rings is 1. The molecular weight excluding hydrogens is 1130 g/mol. The van der Waals surface area contributed by atoms with Crippen LogP contribution >= 0.6 is 0 Å². The Morgan fingerprint density at radius 1 is 0.280 bits per heavy atom. The Morgan fingerprint density at radius 2 is 0.720 bits per heavy atom. The minimum Gasteiger partial charge on any atom is -0.455 e. The summed E-state index contributed by atoms with van der Waals surface area (Å²) in [4.78, 5) is 5.00. The molecular formula is C90H66N2O. The summed E-state index contributed by atoms with van der Waals surface area (Å²) in [6, 6.07) is 123. The second kappa shape index (κ2) is 22.5. The van der Waals surface area contributed by atoms with Crippen molar-refractivity contribution in [1.29, 1.82) is 0 Å². The second-order valence-corrected chi connectivity index (χ2v) is 25.7. The van der Waals surface area contributed by atoms with Gasteiger partial charge in [-0.3, -0.25) is 0 Å². The maximum absolute atomic E-state index is 6.58. The third-order valence-electron chi connectivity index (χ3n) is 19.9. The summed E-state index contributed by atoms with van der Waals surface area (Å²) in [5.41, 5.74) is 31.1. The summed E-state index contributed by atoms with van der Waals surface area (Å²) in [6.45, 7) is 7.22. The summed E-state index contributed by atoms with van der Waals surface area (Å²) >= 11 is 0. The number of hydrogen-bond acceptors (Lipinski definition) is 3. The predicted molar refractivity (Wildman–Crippen MR) is 390 cm³/mol. The molecule has 93 heavy (non-hydrogen) atoms. The van der Waals surface area contributed by atoms with Crippen molar-refractivity contribution in [3.8, 4) is 77.9 Å². The van der Waals surface area contributed by atoms with Crippen molar-refractivity contribution < 1.29 is 4.42 Å². The van der Waals surface area contributed by atoms with Crippen LogP contribution in [-0.2, 0) is 17.3 Å². The number of para-hydroxylation sites is 2. The van der Waals surface area contributed by atoms with Gasteiger partial charge in [0.15, 0.2) is 0 Å². The minimum atomic E-state index is -0.398. The number of rotatable bonds is 13. The van der Waals surface area contributed by atoms with Gasteiger partial charge in [-0.1, -0.05) is 288 Å². The van der Waals surface area contributed by atoms with Gasteiger partial charge in [0.2, 0.25) is 0 Å². The number of anilines is 6. The maximum Gasteiger partial charge on any atom is 0.143 e. The number of hydrogen-bond donors (Lipinski definition) is 0. The fourth-order valence-electron chi connectivity index (χ4n) is 15.4. The van der Waals surface area contributed by atoms with Crippen LogP contribution in [0.5, 0.6) is 0 Å². The van der Waals surface area contributed by atoms with E-state index in [9.17, 15) is 0 Å². The van der Waals surface area contributed by atoms with Crippen LogP contribution in [0.25, 0.3) is 99.8 Å². The molecule has 15 aromatic rings. The van der Waals surface area contributed by atoms with Crippen molar-refractivity contribution >= 4 is 56.1 Å². The van der Waals surface area contributed by atoms with Gasteiger partial charge in [-0.15, -0.1) is 0 Å². The van der Waals surface area contributed by atoms with Crippen LogP contribution in [0, 0.1) is 0 Å². The molecule has 14 aromatic carbocycles. The molecule has 2 aliphatic rings. The van der Waals surface area contributed by atoms with Gasteiger partial charge in [-0.25, -0.2) is 0 Å². The standard InChI is InChI=1S/C90H66N2O/c1-89(2)78-36-16-13-32-75(78)86-80(89)38-21-41-84(86)92(71-52-45-65(46-53-71)62-26-9-5-10-27-62)82-56-49-67(63-28-11-6-12-29-63)58-77(82)68-30-19-23-60(57-68)59-90(3)79-37-17-14-33-76(79)87-81(90)39-22-40-83(87)91(69-50-43-64(44-51-69)61-24-7-4-8-25-61)70-54-47-66(48-55-70)72-34-20-35-74-73-31-15-18-42-85(73)93-88(72)74/h4-58H,59H2,1-3H3. The highest BCUT2D eigenvalue weighted by molar-refractivity contribution is 6.10. The van der Waals surface area contributed by atoms with E-state index in [1.54, 1.807) is 0 Å². The van der Waals surface area contributed by atoms with E-state index in [1.165, 1.54) is 83.5 Å². The summed E-state index contributed by atoms with van der Waals surface area (Å²) in [7, 11) is 0. The molecule has 0 radical (unpaired) electrons. The first-order valence-electron chi connectivity index (χ1n) is 32.4. The van der Waals surface area contributed by atoms with Crippen molar-refractivity contribution in [2.24, 2.45) is 0 Å². The maximum atomic E-state index is 6.58. The van der Waals surface area contributed by atoms with Gasteiger partial charge in [-0.2, -0.15) is 0 Å². The molecule has 442 valence electrons. The zero-order chi connectivity index (χ0) is 62.2. The lowest BCUT2D eigenvalue weighted by Gasteiger charge is -2.31. The highest BCUT2D eigenvalue weighted by Crippen LogP contribution is 2.58. The highest BCUT2D eigenvalue weighted by Gasteiger charge is 2.42. The number of nitrogens with zero attached hydrogens (tertiary/aromatic N) is 2. The molecule has 17 rings (SSSR count). The van der Waals surface area contributed by atoms with Gasteiger partial charge in [0.25, 0.3) is 0 Å². The van der Waals surface area contributed by atoms with E-state index in [0.717, 1.165) is 84.7 Å². The molecule has 0 fully saturated rings. The highest BCUT2D eigenvalue weighted by atomic mass is 16.3. The lowest BCUT2D eigenvalue weighted by Crippen LogP contribution is -2.24. The topological polar surface area (TPSA) is 19.6 Å².